The van der Waals surface area contributed by atoms with Gasteiger partial charge in [0.1, 0.15) is 0 Å². The number of ketones is 1. The number of benzene rings is 2. The van der Waals surface area contributed by atoms with Gasteiger partial charge in [-0.1, -0.05) is 54.6 Å². The fourth-order valence-electron chi connectivity index (χ4n) is 2.40. The number of nitro groups is 2. The molecular formula is C18H16N2O5. The molecule has 0 aliphatic rings. The van der Waals surface area contributed by atoms with Crippen molar-refractivity contribution < 1.29 is 14.6 Å². The van der Waals surface area contributed by atoms with E-state index in [1.54, 1.807) is 48.5 Å². The number of rotatable bonds is 8. The van der Waals surface area contributed by atoms with Crippen molar-refractivity contribution in [1.29, 1.82) is 0 Å². The number of nitrogens with zero attached hydrogens (tertiary/aromatic N) is 2. The summed E-state index contributed by atoms with van der Waals surface area (Å²) >= 11 is 0. The molecule has 0 aliphatic heterocycles. The molecule has 0 saturated heterocycles. The van der Waals surface area contributed by atoms with Crippen molar-refractivity contribution in [3.8, 4) is 0 Å². The van der Waals surface area contributed by atoms with Crippen molar-refractivity contribution >= 4 is 17.5 Å². The largest absolute Gasteiger partial charge is 0.294 e. The highest BCUT2D eigenvalue weighted by Crippen LogP contribution is 2.21. The Kier molecular flexibility index (Phi) is 6.11. The third-order valence-electron chi connectivity index (χ3n) is 3.61. The monoisotopic (exact) mass is 340 g/mol. The van der Waals surface area contributed by atoms with Crippen LogP contribution in [0.3, 0.4) is 0 Å². The van der Waals surface area contributed by atoms with Crippen molar-refractivity contribution in [2.24, 2.45) is 5.92 Å². The van der Waals surface area contributed by atoms with Crippen molar-refractivity contribution in [2.75, 3.05) is 6.54 Å². The van der Waals surface area contributed by atoms with Gasteiger partial charge < -0.3 is 0 Å². The van der Waals surface area contributed by atoms with Gasteiger partial charge in [-0.3, -0.25) is 25.0 Å². The average Bonchev–Trinajstić information content (AvgIpc) is 2.60. The van der Waals surface area contributed by atoms with Gasteiger partial charge in [-0.2, -0.15) is 0 Å². The molecule has 0 heterocycles. The summed E-state index contributed by atoms with van der Waals surface area (Å²) in [5.41, 5.74) is 0.732. The van der Waals surface area contributed by atoms with E-state index in [9.17, 15) is 25.0 Å². The first-order chi connectivity index (χ1) is 12.0. The molecule has 2 aromatic carbocycles. The zero-order valence-electron chi connectivity index (χ0n) is 13.3. The van der Waals surface area contributed by atoms with E-state index < -0.39 is 22.3 Å². The SMILES string of the molecule is O=C(CC(/C=C/c1ccccc1[N+](=O)[O-])C[N+](=O)[O-])c1ccccc1. The molecule has 7 nitrogen and oxygen atoms in total. The first-order valence-corrected chi connectivity index (χ1v) is 7.59. The standard InChI is InChI=1S/C18H16N2O5/c21-18(16-7-2-1-3-8-16)12-14(13-19(22)23)10-11-15-6-4-5-9-17(15)20(24)25/h1-11,14H,12-13H2/b11-10+. The Labute approximate surface area is 143 Å². The van der Waals surface area contributed by atoms with Gasteiger partial charge in [-0.25, -0.2) is 0 Å². The van der Waals surface area contributed by atoms with Gasteiger partial charge in [0.25, 0.3) is 5.69 Å². The predicted octanol–water partition coefficient (Wildman–Crippen LogP) is 3.77. The molecule has 1 unspecified atom stereocenters. The maximum atomic E-state index is 12.3. The van der Waals surface area contributed by atoms with Crippen LogP contribution in [-0.2, 0) is 0 Å². The number of carbonyl (C=O) groups excluding carboxylic acids is 1. The normalized spacial score (nSPS) is 12.0. The van der Waals surface area contributed by atoms with Gasteiger partial charge in [0.2, 0.25) is 6.54 Å². The summed E-state index contributed by atoms with van der Waals surface area (Å²) in [7, 11) is 0. The molecule has 2 rings (SSSR count). The van der Waals surface area contributed by atoms with Crippen molar-refractivity contribution in [3.05, 3.63) is 92.0 Å². The van der Waals surface area contributed by atoms with Crippen LogP contribution in [0, 0.1) is 26.1 Å². The van der Waals surface area contributed by atoms with Crippen LogP contribution in [0.15, 0.2) is 60.7 Å². The first-order valence-electron chi connectivity index (χ1n) is 7.59. The maximum Gasteiger partial charge on any atom is 0.276 e. The molecule has 0 fully saturated rings. The Morgan fingerprint density at radius 3 is 2.28 bits per heavy atom. The van der Waals surface area contributed by atoms with Crippen LogP contribution in [0.4, 0.5) is 5.69 Å². The summed E-state index contributed by atoms with van der Waals surface area (Å²) in [4.78, 5) is 33.1. The zero-order valence-corrected chi connectivity index (χ0v) is 13.3. The van der Waals surface area contributed by atoms with Crippen LogP contribution < -0.4 is 0 Å². The van der Waals surface area contributed by atoms with Gasteiger partial charge in [0.15, 0.2) is 5.78 Å². The van der Waals surface area contributed by atoms with Gasteiger partial charge in [-0.15, -0.1) is 0 Å². The van der Waals surface area contributed by atoms with E-state index in [1.165, 1.54) is 18.2 Å². The highest BCUT2D eigenvalue weighted by molar-refractivity contribution is 5.96. The molecule has 128 valence electrons. The van der Waals surface area contributed by atoms with Gasteiger partial charge in [-0.05, 0) is 6.07 Å². The second-order valence-electron chi connectivity index (χ2n) is 5.44. The van der Waals surface area contributed by atoms with E-state index in [-0.39, 0.29) is 17.9 Å². The molecule has 7 heteroatoms. The smallest absolute Gasteiger partial charge is 0.276 e. The molecule has 0 bridgehead atoms. The third kappa shape index (κ3) is 5.35. The van der Waals surface area contributed by atoms with Crippen LogP contribution in [0.2, 0.25) is 0 Å². The molecule has 0 aromatic heterocycles. The van der Waals surface area contributed by atoms with Crippen molar-refractivity contribution in [2.45, 2.75) is 6.42 Å². The fourth-order valence-corrected chi connectivity index (χ4v) is 2.40. The Bertz CT molecular complexity index is 802. The summed E-state index contributed by atoms with van der Waals surface area (Å²) in [5.74, 6) is -0.859. The molecule has 0 saturated carbocycles. The Morgan fingerprint density at radius 1 is 1.00 bits per heavy atom. The third-order valence-corrected chi connectivity index (χ3v) is 3.61. The van der Waals surface area contributed by atoms with E-state index in [2.05, 4.69) is 0 Å². The molecule has 0 N–H and O–H groups in total. The zero-order chi connectivity index (χ0) is 18.2. The molecule has 0 amide bonds. The topological polar surface area (TPSA) is 103 Å². The summed E-state index contributed by atoms with van der Waals surface area (Å²) < 4.78 is 0. The van der Waals surface area contributed by atoms with Gasteiger partial charge in [0.05, 0.1) is 10.5 Å². The van der Waals surface area contributed by atoms with E-state index in [1.807, 2.05) is 0 Å². The van der Waals surface area contributed by atoms with Crippen LogP contribution in [0.1, 0.15) is 22.3 Å². The van der Waals surface area contributed by atoms with Gasteiger partial charge in [0, 0.05) is 28.9 Å². The minimum Gasteiger partial charge on any atom is -0.294 e. The molecule has 1 atom stereocenters. The second kappa shape index (κ2) is 8.49. The highest BCUT2D eigenvalue weighted by Gasteiger charge is 2.18. The summed E-state index contributed by atoms with van der Waals surface area (Å²) in [6, 6.07) is 14.6. The van der Waals surface area contributed by atoms with Crippen LogP contribution >= 0.6 is 0 Å². The summed E-state index contributed by atoms with van der Waals surface area (Å²) in [5, 5.41) is 21.9. The van der Waals surface area contributed by atoms with Crippen LogP contribution in [0.25, 0.3) is 6.08 Å². The summed E-state index contributed by atoms with van der Waals surface area (Å²) in [6.45, 7) is -0.421. The Balaban J connectivity index is 2.19. The quantitative estimate of drug-likeness (QED) is 0.413. The summed E-state index contributed by atoms with van der Waals surface area (Å²) in [6.07, 6.45) is 2.92. The molecule has 25 heavy (non-hydrogen) atoms. The lowest BCUT2D eigenvalue weighted by atomic mass is 9.97. The molecule has 0 spiro atoms. The van der Waals surface area contributed by atoms with Crippen LogP contribution in [-0.4, -0.2) is 22.2 Å². The minimum absolute atomic E-state index is 0.0396. The molecule has 0 radical (unpaired) electrons. The van der Waals surface area contributed by atoms with Gasteiger partial charge >= 0.3 is 0 Å². The lowest BCUT2D eigenvalue weighted by Crippen LogP contribution is -2.16. The van der Waals surface area contributed by atoms with E-state index in [4.69, 9.17) is 0 Å². The average molecular weight is 340 g/mol. The lowest BCUT2D eigenvalue weighted by molar-refractivity contribution is -0.485. The molecule has 2 aromatic rings. The number of Topliss-reactive ketones (excluding diaryl/α,β-unsaturated/α-hetero) is 1. The first kappa shape index (κ1) is 18.0. The molecule has 0 aliphatic carbocycles. The fraction of sp³-hybridized carbons (Fsp3) is 0.167. The van der Waals surface area contributed by atoms with Crippen LogP contribution in [0.5, 0.6) is 0 Å². The van der Waals surface area contributed by atoms with Crippen molar-refractivity contribution in [3.63, 3.8) is 0 Å². The van der Waals surface area contributed by atoms with Crippen molar-refractivity contribution in [1.82, 2.24) is 0 Å². The minimum atomic E-state index is -0.650. The Hall–Kier alpha value is -3.35. The predicted molar refractivity (Wildman–Crippen MR) is 92.9 cm³/mol. The number of hydrogen-bond donors (Lipinski definition) is 0. The Morgan fingerprint density at radius 2 is 1.64 bits per heavy atom. The maximum absolute atomic E-state index is 12.3. The van der Waals surface area contributed by atoms with E-state index in [0.29, 0.717) is 11.1 Å². The number of nitro benzene ring substituents is 1. The number of carbonyl (C=O) groups is 1. The number of hydrogen-bond acceptors (Lipinski definition) is 5. The van der Waals surface area contributed by atoms with E-state index >= 15 is 0 Å². The second-order valence-corrected chi connectivity index (χ2v) is 5.44. The van der Waals surface area contributed by atoms with E-state index in [0.717, 1.165) is 0 Å². The molecular weight excluding hydrogens is 324 g/mol. The highest BCUT2D eigenvalue weighted by atomic mass is 16.6. The number of para-hydroxylation sites is 1. The lowest BCUT2D eigenvalue weighted by Gasteiger charge is -2.08.